The lowest BCUT2D eigenvalue weighted by atomic mass is 10.1. The third kappa shape index (κ3) is 2.62. The van der Waals surface area contributed by atoms with E-state index in [9.17, 15) is 0 Å². The number of ether oxygens (including phenoxy) is 2. The van der Waals surface area contributed by atoms with E-state index in [4.69, 9.17) is 26.8 Å². The zero-order valence-electron chi connectivity index (χ0n) is 11.5. The van der Waals surface area contributed by atoms with Crippen LogP contribution in [-0.2, 0) is 0 Å². The molecule has 1 aliphatic rings. The first-order chi connectivity index (χ1) is 9.97. The molecule has 0 saturated carbocycles. The zero-order valence-corrected chi connectivity index (χ0v) is 14.4. The molecule has 0 amide bonds. The molecule has 3 rings (SSSR count). The van der Waals surface area contributed by atoms with Crippen molar-refractivity contribution in [2.75, 3.05) is 12.5 Å². The number of rotatable bonds is 2. The monoisotopic (exact) mass is 417 g/mol. The summed E-state index contributed by atoms with van der Waals surface area (Å²) in [6, 6.07) is 3.58. The highest BCUT2D eigenvalue weighted by Crippen LogP contribution is 2.42. The molecule has 0 fully saturated rings. The highest BCUT2D eigenvalue weighted by Gasteiger charge is 2.21. The van der Waals surface area contributed by atoms with Gasteiger partial charge < -0.3 is 15.2 Å². The molecular weight excluding hydrogens is 405 g/mol. The Hall–Kier alpha value is -1.28. The number of fused-ring (bicyclic) bond motifs is 1. The molecule has 0 aliphatic carbocycles. The average molecular weight is 418 g/mol. The van der Waals surface area contributed by atoms with Crippen LogP contribution >= 0.6 is 34.2 Å². The van der Waals surface area contributed by atoms with Crippen LogP contribution in [-0.4, -0.2) is 16.8 Å². The molecule has 21 heavy (non-hydrogen) atoms. The second kappa shape index (κ2) is 5.49. The van der Waals surface area contributed by atoms with Gasteiger partial charge in [0.05, 0.1) is 14.3 Å². The molecule has 7 heteroatoms. The molecule has 0 unspecified atom stereocenters. The van der Waals surface area contributed by atoms with Crippen LogP contribution in [0.1, 0.15) is 25.5 Å². The van der Waals surface area contributed by atoms with Crippen molar-refractivity contribution in [3.63, 3.8) is 0 Å². The Morgan fingerprint density at radius 3 is 2.76 bits per heavy atom. The van der Waals surface area contributed by atoms with Gasteiger partial charge >= 0.3 is 0 Å². The van der Waals surface area contributed by atoms with E-state index in [-0.39, 0.29) is 12.7 Å². The summed E-state index contributed by atoms with van der Waals surface area (Å²) in [5, 5.41) is 0.479. The lowest BCUT2D eigenvalue weighted by Gasteiger charge is -2.12. The van der Waals surface area contributed by atoms with E-state index in [1.165, 1.54) is 0 Å². The first-order valence-corrected chi connectivity index (χ1v) is 7.85. The summed E-state index contributed by atoms with van der Waals surface area (Å²) in [5.74, 6) is 2.42. The molecule has 0 bridgehead atoms. The molecule has 0 radical (unpaired) electrons. The van der Waals surface area contributed by atoms with E-state index in [2.05, 4.69) is 46.4 Å². The van der Waals surface area contributed by atoms with Crippen molar-refractivity contribution in [2.24, 2.45) is 0 Å². The highest BCUT2D eigenvalue weighted by molar-refractivity contribution is 14.1. The molecule has 1 aliphatic heterocycles. The number of nitrogen functional groups attached to an aromatic ring is 1. The molecule has 110 valence electrons. The van der Waals surface area contributed by atoms with E-state index in [1.807, 2.05) is 6.07 Å². The second-order valence-corrected chi connectivity index (χ2v) is 6.46. The summed E-state index contributed by atoms with van der Waals surface area (Å²) >= 11 is 8.38. The zero-order chi connectivity index (χ0) is 15.1. The van der Waals surface area contributed by atoms with Crippen LogP contribution in [0.25, 0.3) is 11.4 Å². The molecule has 0 saturated heterocycles. The molecule has 5 nitrogen and oxygen atoms in total. The molecule has 1 aromatic carbocycles. The number of hydrogen-bond donors (Lipinski definition) is 1. The van der Waals surface area contributed by atoms with Crippen molar-refractivity contribution in [2.45, 2.75) is 19.8 Å². The van der Waals surface area contributed by atoms with E-state index < -0.39 is 0 Å². The number of halogens is 2. The number of nitrogens with two attached hydrogens (primary N) is 1. The van der Waals surface area contributed by atoms with Gasteiger partial charge in [-0.3, -0.25) is 0 Å². The number of hydrogen-bond acceptors (Lipinski definition) is 5. The third-order valence-electron chi connectivity index (χ3n) is 3.13. The molecule has 2 heterocycles. The van der Waals surface area contributed by atoms with Crippen LogP contribution in [0.4, 0.5) is 5.82 Å². The van der Waals surface area contributed by atoms with Crippen LogP contribution in [0, 0.1) is 3.57 Å². The SMILES string of the molecule is CC(C)c1nc(-c2cc(Cl)c3c(c2)OCO3)nc(N)c1I. The van der Waals surface area contributed by atoms with E-state index in [1.54, 1.807) is 6.07 Å². The van der Waals surface area contributed by atoms with Gasteiger partial charge in [-0.15, -0.1) is 0 Å². The minimum Gasteiger partial charge on any atom is -0.454 e. The maximum atomic E-state index is 6.20. The maximum absolute atomic E-state index is 6.20. The fraction of sp³-hybridized carbons (Fsp3) is 0.286. The van der Waals surface area contributed by atoms with Crippen molar-refractivity contribution in [3.8, 4) is 22.9 Å². The van der Waals surface area contributed by atoms with Gasteiger partial charge in [0.1, 0.15) is 5.82 Å². The Kier molecular flexibility index (Phi) is 3.83. The van der Waals surface area contributed by atoms with E-state index >= 15 is 0 Å². The summed E-state index contributed by atoms with van der Waals surface area (Å²) in [7, 11) is 0. The summed E-state index contributed by atoms with van der Waals surface area (Å²) in [5.41, 5.74) is 7.68. The van der Waals surface area contributed by atoms with Crippen LogP contribution < -0.4 is 15.2 Å². The predicted octanol–water partition coefficient (Wildman–Crippen LogP) is 3.84. The molecular formula is C14H13ClIN3O2. The Labute approximate surface area is 141 Å². The number of aromatic nitrogens is 2. The Morgan fingerprint density at radius 2 is 2.05 bits per heavy atom. The topological polar surface area (TPSA) is 70.3 Å². The standard InChI is InChI=1S/C14H13ClIN3O2/c1-6(2)11-10(16)13(17)19-14(18-11)7-3-8(15)12-9(4-7)20-5-21-12/h3-4,6H,5H2,1-2H3,(H2,17,18,19). The summed E-state index contributed by atoms with van der Waals surface area (Å²) in [6.07, 6.45) is 0. The number of nitrogens with zero attached hydrogens (tertiary/aromatic N) is 2. The van der Waals surface area contributed by atoms with Gasteiger partial charge in [0.2, 0.25) is 6.79 Å². The quantitative estimate of drug-likeness (QED) is 0.752. The van der Waals surface area contributed by atoms with Crippen LogP contribution in [0.3, 0.4) is 0 Å². The first-order valence-electron chi connectivity index (χ1n) is 6.39. The van der Waals surface area contributed by atoms with Crippen molar-refractivity contribution >= 4 is 40.0 Å². The first kappa shape index (κ1) is 14.6. The van der Waals surface area contributed by atoms with Gasteiger partial charge in [-0.25, -0.2) is 9.97 Å². The van der Waals surface area contributed by atoms with Gasteiger partial charge in [0.25, 0.3) is 0 Å². The number of benzene rings is 1. The third-order valence-corrected chi connectivity index (χ3v) is 4.52. The predicted molar refractivity (Wildman–Crippen MR) is 89.8 cm³/mol. The maximum Gasteiger partial charge on any atom is 0.231 e. The van der Waals surface area contributed by atoms with Crippen molar-refractivity contribution in [1.82, 2.24) is 9.97 Å². The smallest absolute Gasteiger partial charge is 0.231 e. The van der Waals surface area contributed by atoms with E-state index in [0.29, 0.717) is 28.2 Å². The highest BCUT2D eigenvalue weighted by atomic mass is 127. The normalized spacial score (nSPS) is 13.0. The molecule has 0 spiro atoms. The summed E-state index contributed by atoms with van der Waals surface area (Å²) in [4.78, 5) is 8.97. The number of anilines is 1. The van der Waals surface area contributed by atoms with Crippen LogP contribution in [0.2, 0.25) is 5.02 Å². The van der Waals surface area contributed by atoms with Gasteiger partial charge in [0, 0.05) is 5.56 Å². The molecule has 1 aromatic heterocycles. The second-order valence-electron chi connectivity index (χ2n) is 4.98. The van der Waals surface area contributed by atoms with Gasteiger partial charge in [-0.1, -0.05) is 25.4 Å². The lowest BCUT2D eigenvalue weighted by Crippen LogP contribution is -2.06. The fourth-order valence-corrected chi connectivity index (χ4v) is 3.22. The van der Waals surface area contributed by atoms with Crippen molar-refractivity contribution in [1.29, 1.82) is 0 Å². The van der Waals surface area contributed by atoms with Gasteiger partial charge in [0.15, 0.2) is 17.3 Å². The van der Waals surface area contributed by atoms with Crippen molar-refractivity contribution < 1.29 is 9.47 Å². The van der Waals surface area contributed by atoms with Crippen LogP contribution in [0.5, 0.6) is 11.5 Å². The van der Waals surface area contributed by atoms with Gasteiger partial charge in [-0.05, 0) is 40.6 Å². The summed E-state index contributed by atoms with van der Waals surface area (Å²) < 4.78 is 11.6. The molecule has 0 atom stereocenters. The lowest BCUT2D eigenvalue weighted by molar-refractivity contribution is 0.174. The molecule has 2 N–H and O–H groups in total. The largest absolute Gasteiger partial charge is 0.454 e. The Morgan fingerprint density at radius 1 is 1.29 bits per heavy atom. The van der Waals surface area contributed by atoms with Crippen molar-refractivity contribution in [3.05, 3.63) is 26.4 Å². The Bertz CT molecular complexity index is 722. The minimum absolute atomic E-state index is 0.172. The van der Waals surface area contributed by atoms with Crippen LogP contribution in [0.15, 0.2) is 12.1 Å². The molecule has 2 aromatic rings. The van der Waals surface area contributed by atoms with E-state index in [0.717, 1.165) is 14.8 Å². The summed E-state index contributed by atoms with van der Waals surface area (Å²) in [6.45, 7) is 4.31. The fourth-order valence-electron chi connectivity index (χ4n) is 2.09. The minimum atomic E-state index is 0.172. The Balaban J connectivity index is 2.15. The van der Waals surface area contributed by atoms with Gasteiger partial charge in [-0.2, -0.15) is 0 Å². The average Bonchev–Trinajstić information content (AvgIpc) is 2.90.